The van der Waals surface area contributed by atoms with E-state index in [1.165, 1.54) is 0 Å². The van der Waals surface area contributed by atoms with Crippen LogP contribution in [0.25, 0.3) is 0 Å². The fourth-order valence-corrected chi connectivity index (χ4v) is 5.18. The second-order valence-corrected chi connectivity index (χ2v) is 10.7. The first-order valence-corrected chi connectivity index (χ1v) is 11.1. The van der Waals surface area contributed by atoms with Crippen LogP contribution in [0.1, 0.15) is 46.1 Å². The van der Waals surface area contributed by atoms with Crippen molar-refractivity contribution in [3.8, 4) is 0 Å². The summed E-state index contributed by atoms with van der Waals surface area (Å²) in [7, 11) is -4.12. The topological polar surface area (TPSA) is 81.9 Å². The van der Waals surface area contributed by atoms with Crippen LogP contribution in [-0.2, 0) is 19.3 Å². The van der Waals surface area contributed by atoms with Crippen LogP contribution in [0.2, 0.25) is 0 Å². The monoisotopic (exact) mass is 430 g/mol. The van der Waals surface area contributed by atoms with Gasteiger partial charge in [-0.05, 0) is 77.5 Å². The van der Waals surface area contributed by atoms with Gasteiger partial charge in [0.25, 0.3) is 0 Å². The molecule has 1 aromatic carbocycles. The highest BCUT2D eigenvalue weighted by atomic mass is 35.5. The third-order valence-corrected chi connectivity index (χ3v) is 8.02. The zero-order chi connectivity index (χ0) is 20.0. The minimum Gasteiger partial charge on any atom is -0.399 e. The van der Waals surface area contributed by atoms with Crippen molar-refractivity contribution in [2.75, 3.05) is 19.6 Å². The second kappa shape index (κ2) is 8.24. The third-order valence-electron chi connectivity index (χ3n) is 6.14. The van der Waals surface area contributed by atoms with Crippen molar-refractivity contribution in [3.05, 3.63) is 23.8 Å². The first-order valence-electron chi connectivity index (χ1n) is 9.64. The first-order chi connectivity index (χ1) is 12.5. The quantitative estimate of drug-likeness (QED) is 0.740. The second-order valence-electron chi connectivity index (χ2n) is 8.75. The molecule has 0 aliphatic carbocycles. The lowest BCUT2D eigenvalue weighted by Crippen LogP contribution is -2.41. The van der Waals surface area contributed by atoms with Gasteiger partial charge in [-0.15, -0.1) is 12.4 Å². The minimum absolute atomic E-state index is 0. The number of benzene rings is 1. The lowest BCUT2D eigenvalue weighted by atomic mass is 9.78. The molecule has 1 aromatic rings. The largest absolute Gasteiger partial charge is 0.494 e. The van der Waals surface area contributed by atoms with Gasteiger partial charge in [-0.3, -0.25) is 0 Å². The van der Waals surface area contributed by atoms with Gasteiger partial charge in [-0.1, -0.05) is 11.6 Å². The fourth-order valence-electron chi connectivity index (χ4n) is 3.58. The normalized spacial score (nSPS) is 22.9. The van der Waals surface area contributed by atoms with Crippen molar-refractivity contribution in [3.63, 3.8) is 0 Å². The number of sulfonamides is 1. The lowest BCUT2D eigenvalue weighted by Gasteiger charge is -2.32. The molecule has 0 bridgehead atoms. The van der Waals surface area contributed by atoms with Crippen molar-refractivity contribution < 1.29 is 17.7 Å². The van der Waals surface area contributed by atoms with E-state index in [0.29, 0.717) is 30.4 Å². The van der Waals surface area contributed by atoms with Gasteiger partial charge in [0.15, 0.2) is 0 Å². The summed E-state index contributed by atoms with van der Waals surface area (Å²) < 4.78 is 40.1. The molecule has 9 heteroatoms. The molecule has 2 N–H and O–H groups in total. The molecule has 0 spiro atoms. The Bertz CT molecular complexity index is 792. The van der Waals surface area contributed by atoms with E-state index in [1.807, 2.05) is 40.7 Å². The Labute approximate surface area is 175 Å². The zero-order valence-electron chi connectivity index (χ0n) is 17.4. The van der Waals surface area contributed by atoms with Gasteiger partial charge in [-0.2, -0.15) is 4.31 Å². The molecule has 2 heterocycles. The Hall–Kier alpha value is -0.635. The smallest absolute Gasteiger partial charge is 0.399 e. The molecule has 28 heavy (non-hydrogen) atoms. The SMILES string of the molecule is Cc1cc(B2OC(C)(C)C(C)(C)O2)cc(S(=O)(=O)N2CCC(CN)CC2)c1.Cl. The summed E-state index contributed by atoms with van der Waals surface area (Å²) in [6.45, 7) is 11.5. The Kier molecular flexibility index (Phi) is 6.96. The molecule has 3 rings (SSSR count). The number of nitrogens with two attached hydrogens (primary N) is 1. The van der Waals surface area contributed by atoms with E-state index >= 15 is 0 Å². The molecule has 2 aliphatic rings. The zero-order valence-corrected chi connectivity index (χ0v) is 19.0. The van der Waals surface area contributed by atoms with Crippen LogP contribution < -0.4 is 11.2 Å². The van der Waals surface area contributed by atoms with Crippen molar-refractivity contribution >= 4 is 35.0 Å². The van der Waals surface area contributed by atoms with Crippen LogP contribution in [0.3, 0.4) is 0 Å². The summed E-state index contributed by atoms with van der Waals surface area (Å²) in [6.07, 6.45) is 1.62. The van der Waals surface area contributed by atoms with Crippen LogP contribution in [0.4, 0.5) is 0 Å². The molecule has 0 atom stereocenters. The number of nitrogens with zero attached hydrogens (tertiary/aromatic N) is 1. The predicted octanol–water partition coefficient (Wildman–Crippen LogP) is 2.08. The van der Waals surface area contributed by atoms with E-state index in [1.54, 1.807) is 16.4 Å². The van der Waals surface area contributed by atoms with E-state index in [9.17, 15) is 8.42 Å². The summed E-state index contributed by atoms with van der Waals surface area (Å²) in [5, 5.41) is 0. The van der Waals surface area contributed by atoms with E-state index < -0.39 is 28.3 Å². The summed E-state index contributed by atoms with van der Waals surface area (Å²) >= 11 is 0. The van der Waals surface area contributed by atoms with E-state index in [4.69, 9.17) is 15.0 Å². The molecule has 0 aromatic heterocycles. The van der Waals surface area contributed by atoms with Crippen LogP contribution in [-0.4, -0.2) is 50.7 Å². The van der Waals surface area contributed by atoms with Crippen molar-refractivity contribution in [2.24, 2.45) is 11.7 Å². The van der Waals surface area contributed by atoms with Gasteiger partial charge >= 0.3 is 7.12 Å². The Morgan fingerprint density at radius 2 is 1.64 bits per heavy atom. The molecular weight excluding hydrogens is 399 g/mol. The van der Waals surface area contributed by atoms with Gasteiger partial charge in [-0.25, -0.2) is 8.42 Å². The Balaban J connectivity index is 0.00000280. The third kappa shape index (κ3) is 4.42. The predicted molar refractivity (Wildman–Crippen MR) is 115 cm³/mol. The van der Waals surface area contributed by atoms with E-state index in [2.05, 4.69) is 0 Å². The highest BCUT2D eigenvalue weighted by Crippen LogP contribution is 2.36. The number of halogens is 1. The summed E-state index contributed by atoms with van der Waals surface area (Å²) in [5.41, 5.74) is 6.40. The lowest BCUT2D eigenvalue weighted by molar-refractivity contribution is 0.00578. The molecule has 0 radical (unpaired) electrons. The molecule has 0 unspecified atom stereocenters. The van der Waals surface area contributed by atoms with Crippen LogP contribution >= 0.6 is 12.4 Å². The molecule has 2 saturated heterocycles. The van der Waals surface area contributed by atoms with Gasteiger partial charge in [0, 0.05) is 13.1 Å². The maximum Gasteiger partial charge on any atom is 0.494 e. The molecule has 0 saturated carbocycles. The molecule has 158 valence electrons. The van der Waals surface area contributed by atoms with Crippen LogP contribution in [0, 0.1) is 12.8 Å². The summed E-state index contributed by atoms with van der Waals surface area (Å²) in [6, 6.07) is 5.35. The number of rotatable bonds is 4. The van der Waals surface area contributed by atoms with Crippen molar-refractivity contribution in [1.82, 2.24) is 4.31 Å². The van der Waals surface area contributed by atoms with Gasteiger partial charge in [0.2, 0.25) is 10.0 Å². The van der Waals surface area contributed by atoms with Gasteiger partial charge in [0.1, 0.15) is 0 Å². The number of hydrogen-bond acceptors (Lipinski definition) is 5. The maximum atomic E-state index is 13.2. The fraction of sp³-hybridized carbons (Fsp3) is 0.684. The van der Waals surface area contributed by atoms with Crippen LogP contribution in [0.15, 0.2) is 23.1 Å². The number of hydrogen-bond donors (Lipinski definition) is 1. The molecule has 0 amide bonds. The average Bonchev–Trinajstić information content (AvgIpc) is 2.82. The number of aryl methyl sites for hydroxylation is 1. The van der Waals surface area contributed by atoms with Gasteiger partial charge in [0.05, 0.1) is 16.1 Å². The standard InChI is InChI=1S/C19H31BN2O4S.ClH/c1-14-10-16(20-25-18(2,3)19(4,5)26-20)12-17(11-14)27(23,24)22-8-6-15(13-21)7-9-22;/h10-12,15H,6-9,13,21H2,1-5H3;1H. The maximum absolute atomic E-state index is 13.2. The van der Waals surface area contributed by atoms with Crippen molar-refractivity contribution in [2.45, 2.75) is 63.6 Å². The first kappa shape index (κ1) is 23.6. The minimum atomic E-state index is -3.54. The molecular formula is C19H32BClN2O4S. The van der Waals surface area contributed by atoms with Crippen LogP contribution in [0.5, 0.6) is 0 Å². The number of piperidine rings is 1. The Morgan fingerprint density at radius 1 is 1.11 bits per heavy atom. The molecule has 2 aliphatic heterocycles. The molecule has 6 nitrogen and oxygen atoms in total. The molecule has 2 fully saturated rings. The summed E-state index contributed by atoms with van der Waals surface area (Å²) in [5.74, 6) is 0.411. The highest BCUT2D eigenvalue weighted by molar-refractivity contribution is 7.89. The van der Waals surface area contributed by atoms with E-state index in [0.717, 1.165) is 23.9 Å². The van der Waals surface area contributed by atoms with E-state index in [-0.39, 0.29) is 12.4 Å². The Morgan fingerprint density at radius 3 is 2.14 bits per heavy atom. The van der Waals surface area contributed by atoms with Crippen molar-refractivity contribution in [1.29, 1.82) is 0 Å². The average molecular weight is 431 g/mol. The van der Waals surface area contributed by atoms with Gasteiger partial charge < -0.3 is 15.0 Å². The highest BCUT2D eigenvalue weighted by Gasteiger charge is 2.52. The summed E-state index contributed by atoms with van der Waals surface area (Å²) in [4.78, 5) is 0.304.